The van der Waals surface area contributed by atoms with Crippen molar-refractivity contribution in [1.29, 1.82) is 0 Å². The molecule has 0 aliphatic carbocycles. The molecule has 1 fully saturated rings. The number of benzene rings is 1. The highest BCUT2D eigenvalue weighted by atomic mass is 16.5. The van der Waals surface area contributed by atoms with Gasteiger partial charge in [-0.05, 0) is 55.7 Å². The van der Waals surface area contributed by atoms with Crippen LogP contribution in [0.5, 0.6) is 0 Å². The zero-order valence-corrected chi connectivity index (χ0v) is 17.2. The molecule has 0 radical (unpaired) electrons. The van der Waals surface area contributed by atoms with Crippen molar-refractivity contribution in [2.75, 3.05) is 33.4 Å². The number of para-hydroxylation sites is 1. The van der Waals surface area contributed by atoms with E-state index >= 15 is 0 Å². The maximum atomic E-state index is 12.4. The molecule has 3 heterocycles. The third-order valence-electron chi connectivity index (χ3n) is 7.02. The number of hydrogen-bond acceptors (Lipinski definition) is 3. The fourth-order valence-electron chi connectivity index (χ4n) is 5.55. The van der Waals surface area contributed by atoms with Gasteiger partial charge in [-0.25, -0.2) is 0 Å². The first kappa shape index (κ1) is 19.5. The molecule has 0 unspecified atom stereocenters. The lowest BCUT2D eigenvalue weighted by Crippen LogP contribution is -2.49. The summed E-state index contributed by atoms with van der Waals surface area (Å²) in [5.74, 6) is 0.148. The van der Waals surface area contributed by atoms with E-state index in [1.165, 1.54) is 41.5 Å². The minimum absolute atomic E-state index is 0.148. The van der Waals surface area contributed by atoms with Crippen LogP contribution in [0.4, 0.5) is 0 Å². The van der Waals surface area contributed by atoms with Crippen LogP contribution < -0.4 is 5.32 Å². The number of ether oxygens (including phenoxy) is 1. The molecule has 5 heteroatoms. The molecule has 2 N–H and O–H groups in total. The molecule has 1 saturated heterocycles. The largest absolute Gasteiger partial charge is 0.383 e. The van der Waals surface area contributed by atoms with E-state index in [1.54, 1.807) is 7.11 Å². The van der Waals surface area contributed by atoms with E-state index in [2.05, 4.69) is 46.4 Å². The zero-order chi connectivity index (χ0) is 19.6. The average molecular weight is 384 g/mol. The maximum Gasteiger partial charge on any atom is 0.220 e. The Labute approximate surface area is 167 Å². The molecule has 2 aromatic rings. The molecule has 0 spiro atoms. The first-order chi connectivity index (χ1) is 13.7. The Kier molecular flexibility index (Phi) is 5.74. The fourth-order valence-corrected chi connectivity index (χ4v) is 5.55. The van der Waals surface area contributed by atoms with Gasteiger partial charge in [0, 0.05) is 43.2 Å². The van der Waals surface area contributed by atoms with Crippen molar-refractivity contribution >= 4 is 16.8 Å². The Morgan fingerprint density at radius 1 is 1.36 bits per heavy atom. The summed E-state index contributed by atoms with van der Waals surface area (Å²) in [4.78, 5) is 18.8. The van der Waals surface area contributed by atoms with Crippen molar-refractivity contribution in [2.45, 2.75) is 51.5 Å². The lowest BCUT2D eigenvalue weighted by atomic mass is 9.65. The number of carbonyl (C=O) groups excluding carboxylic acids is 1. The number of amides is 1. The van der Waals surface area contributed by atoms with Gasteiger partial charge in [0.2, 0.25) is 5.91 Å². The van der Waals surface area contributed by atoms with Gasteiger partial charge in [0.25, 0.3) is 0 Å². The minimum atomic E-state index is 0.148. The SMILES string of the molecule is CC[C@]1(CCC(=O)NCCOC)CCCN2CCc3c([nH]c4ccccc34)[C@@H]21. The van der Waals surface area contributed by atoms with Crippen LogP contribution >= 0.6 is 0 Å². The van der Waals surface area contributed by atoms with Crippen molar-refractivity contribution in [3.05, 3.63) is 35.5 Å². The summed E-state index contributed by atoms with van der Waals surface area (Å²) in [6, 6.07) is 9.09. The first-order valence-corrected chi connectivity index (χ1v) is 10.8. The van der Waals surface area contributed by atoms with Crippen molar-refractivity contribution in [1.82, 2.24) is 15.2 Å². The number of nitrogens with zero attached hydrogens (tertiary/aromatic N) is 1. The molecule has 1 aromatic carbocycles. The molecule has 0 saturated carbocycles. The topological polar surface area (TPSA) is 57.4 Å². The van der Waals surface area contributed by atoms with Gasteiger partial charge in [0.05, 0.1) is 12.6 Å². The molecular formula is C23H33N3O2. The summed E-state index contributed by atoms with van der Waals surface area (Å²) < 4.78 is 5.04. The van der Waals surface area contributed by atoms with E-state index < -0.39 is 0 Å². The molecule has 2 atom stereocenters. The molecule has 5 nitrogen and oxygen atoms in total. The third-order valence-corrected chi connectivity index (χ3v) is 7.02. The average Bonchev–Trinajstić information content (AvgIpc) is 3.11. The highest BCUT2D eigenvalue weighted by molar-refractivity contribution is 5.85. The van der Waals surface area contributed by atoms with Gasteiger partial charge < -0.3 is 15.0 Å². The number of hydrogen-bond donors (Lipinski definition) is 2. The van der Waals surface area contributed by atoms with E-state index in [0.717, 1.165) is 25.8 Å². The quantitative estimate of drug-likeness (QED) is 0.715. The van der Waals surface area contributed by atoms with Crippen LogP contribution in [0.25, 0.3) is 10.9 Å². The second-order valence-electron chi connectivity index (χ2n) is 8.41. The number of nitrogens with one attached hydrogen (secondary N) is 2. The highest BCUT2D eigenvalue weighted by Gasteiger charge is 2.47. The number of fused-ring (bicyclic) bond motifs is 5. The summed E-state index contributed by atoms with van der Waals surface area (Å²) >= 11 is 0. The third kappa shape index (κ3) is 3.46. The summed E-state index contributed by atoms with van der Waals surface area (Å²) in [7, 11) is 1.66. The van der Waals surface area contributed by atoms with Crippen LogP contribution in [0.2, 0.25) is 0 Å². The van der Waals surface area contributed by atoms with E-state index in [0.29, 0.717) is 25.6 Å². The van der Waals surface area contributed by atoms with Gasteiger partial charge >= 0.3 is 0 Å². The number of rotatable bonds is 7. The van der Waals surface area contributed by atoms with Crippen molar-refractivity contribution < 1.29 is 9.53 Å². The molecule has 1 amide bonds. The van der Waals surface area contributed by atoms with E-state index in [1.807, 2.05) is 0 Å². The Morgan fingerprint density at radius 3 is 3.04 bits per heavy atom. The second-order valence-corrected chi connectivity index (χ2v) is 8.41. The number of carbonyl (C=O) groups is 1. The first-order valence-electron chi connectivity index (χ1n) is 10.8. The van der Waals surface area contributed by atoms with Crippen molar-refractivity contribution in [2.24, 2.45) is 5.41 Å². The number of aromatic amines is 1. The molecule has 2 aliphatic heterocycles. The van der Waals surface area contributed by atoms with Gasteiger partial charge in [-0.15, -0.1) is 0 Å². The summed E-state index contributed by atoms with van der Waals surface area (Å²) in [5.41, 5.74) is 4.32. The summed E-state index contributed by atoms with van der Waals surface area (Å²) in [5, 5.41) is 4.37. The van der Waals surface area contributed by atoms with Crippen molar-refractivity contribution in [3.63, 3.8) is 0 Å². The maximum absolute atomic E-state index is 12.4. The van der Waals surface area contributed by atoms with E-state index in [9.17, 15) is 4.79 Å². The number of aromatic nitrogens is 1. The molecule has 2 aliphatic rings. The predicted octanol–water partition coefficient (Wildman–Crippen LogP) is 3.80. The number of H-pyrrole nitrogens is 1. The van der Waals surface area contributed by atoms with Gasteiger partial charge in [-0.2, -0.15) is 0 Å². The Hall–Kier alpha value is -1.85. The number of piperidine rings is 1. The predicted molar refractivity (Wildman–Crippen MR) is 112 cm³/mol. The molecule has 28 heavy (non-hydrogen) atoms. The summed E-state index contributed by atoms with van der Waals surface area (Å²) in [6.07, 6.45) is 6.19. The normalized spacial score (nSPS) is 24.7. The Morgan fingerprint density at radius 2 is 2.21 bits per heavy atom. The van der Waals surface area contributed by atoms with E-state index in [-0.39, 0.29) is 11.3 Å². The van der Waals surface area contributed by atoms with Gasteiger partial charge in [0.15, 0.2) is 0 Å². The molecule has 1 aromatic heterocycles. The Balaban J connectivity index is 1.61. The Bertz CT molecular complexity index is 830. The number of methoxy groups -OCH3 is 1. The molecule has 4 rings (SSSR count). The molecular weight excluding hydrogens is 350 g/mol. The lowest BCUT2D eigenvalue weighted by molar-refractivity contribution is -0.122. The summed E-state index contributed by atoms with van der Waals surface area (Å²) in [6.45, 7) is 5.77. The van der Waals surface area contributed by atoms with Crippen LogP contribution in [0, 0.1) is 5.41 Å². The molecule has 0 bridgehead atoms. The standard InChI is InChI=1S/C23H33N3O2/c1-3-23(12-9-20(27)24-13-16-28-2)11-6-14-26-15-10-18-17-7-4-5-8-19(17)25-21(18)22(23)26/h4-5,7-8,22,25H,3,6,9-16H2,1-2H3,(H,24,27)/t22-,23-/m1/s1. The van der Waals surface area contributed by atoms with Crippen LogP contribution in [0.1, 0.15) is 56.3 Å². The van der Waals surface area contributed by atoms with Crippen LogP contribution in [0.15, 0.2) is 24.3 Å². The highest BCUT2D eigenvalue weighted by Crippen LogP contribution is 2.53. The van der Waals surface area contributed by atoms with Crippen molar-refractivity contribution in [3.8, 4) is 0 Å². The minimum Gasteiger partial charge on any atom is -0.383 e. The monoisotopic (exact) mass is 383 g/mol. The lowest BCUT2D eigenvalue weighted by Gasteiger charge is -2.52. The van der Waals surface area contributed by atoms with Crippen LogP contribution in [-0.4, -0.2) is 49.1 Å². The fraction of sp³-hybridized carbons (Fsp3) is 0.609. The van der Waals surface area contributed by atoms with Crippen LogP contribution in [-0.2, 0) is 16.0 Å². The van der Waals surface area contributed by atoms with Crippen LogP contribution in [0.3, 0.4) is 0 Å². The van der Waals surface area contributed by atoms with E-state index in [4.69, 9.17) is 4.74 Å². The zero-order valence-electron chi connectivity index (χ0n) is 17.2. The molecule has 152 valence electrons. The van der Waals surface area contributed by atoms with Gasteiger partial charge in [0.1, 0.15) is 0 Å². The second kappa shape index (κ2) is 8.26. The van der Waals surface area contributed by atoms with Gasteiger partial charge in [-0.1, -0.05) is 25.1 Å². The smallest absolute Gasteiger partial charge is 0.220 e. The van der Waals surface area contributed by atoms with Gasteiger partial charge in [-0.3, -0.25) is 9.69 Å².